The number of hydrogen-bond donors (Lipinski definition) is 2. The summed E-state index contributed by atoms with van der Waals surface area (Å²) in [6.45, 7) is 3.62. The molecule has 0 aliphatic rings. The molecule has 8 heteroatoms. The fraction of sp³-hybridized carbons (Fsp3) is 0.167. The Bertz CT molecular complexity index is 739. The number of benzene rings is 1. The van der Waals surface area contributed by atoms with E-state index in [9.17, 15) is 8.42 Å². The van der Waals surface area contributed by atoms with Crippen LogP contribution in [0.15, 0.2) is 29.3 Å². The Kier molecular flexibility index (Phi) is 3.82. The van der Waals surface area contributed by atoms with Crippen LogP contribution in [0.2, 0.25) is 5.15 Å². The van der Waals surface area contributed by atoms with Crippen LogP contribution in [0.25, 0.3) is 0 Å². The number of nitrogen functional groups attached to an aromatic ring is 1. The fourth-order valence-corrected chi connectivity index (χ4v) is 2.78. The third-order valence-electron chi connectivity index (χ3n) is 2.84. The molecule has 106 valence electrons. The molecule has 3 N–H and O–H groups in total. The van der Waals surface area contributed by atoms with Gasteiger partial charge in [-0.05, 0) is 43.2 Å². The van der Waals surface area contributed by atoms with Crippen LogP contribution in [0.5, 0.6) is 0 Å². The van der Waals surface area contributed by atoms with Gasteiger partial charge in [0.05, 0.1) is 4.90 Å². The lowest BCUT2D eigenvalue weighted by atomic mass is 10.1. The molecule has 6 nitrogen and oxygen atoms in total. The Labute approximate surface area is 122 Å². The third kappa shape index (κ3) is 3.00. The summed E-state index contributed by atoms with van der Waals surface area (Å²) in [5.74, 6) is -0.0886. The molecule has 0 amide bonds. The maximum Gasteiger partial charge on any atom is 0.264 e. The van der Waals surface area contributed by atoms with E-state index in [2.05, 4.69) is 14.7 Å². The van der Waals surface area contributed by atoms with Crippen molar-refractivity contribution < 1.29 is 8.42 Å². The Morgan fingerprint density at radius 3 is 2.60 bits per heavy atom. The second-order valence-corrected chi connectivity index (χ2v) is 6.33. The van der Waals surface area contributed by atoms with Gasteiger partial charge in [-0.2, -0.15) is 0 Å². The average Bonchev–Trinajstić information content (AvgIpc) is 2.34. The van der Waals surface area contributed by atoms with Crippen molar-refractivity contribution in [2.24, 2.45) is 0 Å². The van der Waals surface area contributed by atoms with Crippen molar-refractivity contribution in [2.45, 2.75) is 18.7 Å². The van der Waals surface area contributed by atoms with E-state index in [1.165, 1.54) is 18.3 Å². The lowest BCUT2D eigenvalue weighted by Crippen LogP contribution is -2.15. The smallest absolute Gasteiger partial charge is 0.264 e. The summed E-state index contributed by atoms with van der Waals surface area (Å²) < 4.78 is 26.7. The molecule has 0 saturated heterocycles. The highest BCUT2D eigenvalue weighted by Crippen LogP contribution is 2.22. The standard InChI is InChI=1S/C12H13ClN4O2S/c1-7-5-9(6-10(14)8(7)2)20(18,19)17-12-15-4-3-11(13)16-12/h3-6H,14H2,1-2H3,(H,15,16,17). The average molecular weight is 313 g/mol. The number of aryl methyl sites for hydroxylation is 1. The van der Waals surface area contributed by atoms with Crippen LogP contribution < -0.4 is 10.5 Å². The predicted octanol–water partition coefficient (Wildman–Crippen LogP) is 2.13. The predicted molar refractivity (Wildman–Crippen MR) is 78.2 cm³/mol. The van der Waals surface area contributed by atoms with Gasteiger partial charge in [-0.15, -0.1) is 0 Å². The van der Waals surface area contributed by atoms with Crippen molar-refractivity contribution in [1.29, 1.82) is 0 Å². The summed E-state index contributed by atoms with van der Waals surface area (Å²) >= 11 is 5.69. The minimum Gasteiger partial charge on any atom is -0.398 e. The van der Waals surface area contributed by atoms with Crippen LogP contribution in [0.4, 0.5) is 11.6 Å². The molecule has 1 heterocycles. The van der Waals surface area contributed by atoms with Gasteiger partial charge in [-0.1, -0.05) is 11.6 Å². The largest absolute Gasteiger partial charge is 0.398 e. The zero-order valence-corrected chi connectivity index (χ0v) is 12.5. The van der Waals surface area contributed by atoms with Crippen LogP contribution in [0.3, 0.4) is 0 Å². The Morgan fingerprint density at radius 1 is 1.30 bits per heavy atom. The maximum atomic E-state index is 12.2. The highest BCUT2D eigenvalue weighted by Gasteiger charge is 2.17. The quantitative estimate of drug-likeness (QED) is 0.668. The normalized spacial score (nSPS) is 11.3. The molecule has 0 spiro atoms. The van der Waals surface area contributed by atoms with Gasteiger partial charge < -0.3 is 5.73 Å². The third-order valence-corrected chi connectivity index (χ3v) is 4.36. The van der Waals surface area contributed by atoms with E-state index in [-0.39, 0.29) is 16.0 Å². The summed E-state index contributed by atoms with van der Waals surface area (Å²) in [5, 5.41) is 0.150. The monoisotopic (exact) mass is 312 g/mol. The zero-order valence-electron chi connectivity index (χ0n) is 10.9. The van der Waals surface area contributed by atoms with Gasteiger partial charge in [-0.3, -0.25) is 0 Å². The molecular formula is C12H13ClN4O2S. The molecule has 0 bridgehead atoms. The molecule has 0 fully saturated rings. The lowest BCUT2D eigenvalue weighted by Gasteiger charge is -2.10. The lowest BCUT2D eigenvalue weighted by molar-refractivity contribution is 0.600. The summed E-state index contributed by atoms with van der Waals surface area (Å²) in [7, 11) is -3.81. The molecule has 2 aromatic rings. The van der Waals surface area contributed by atoms with Gasteiger partial charge in [0.25, 0.3) is 10.0 Å². The van der Waals surface area contributed by atoms with E-state index in [0.29, 0.717) is 5.69 Å². The zero-order chi connectivity index (χ0) is 14.9. The van der Waals surface area contributed by atoms with Gasteiger partial charge in [-0.25, -0.2) is 23.1 Å². The number of nitrogens with zero attached hydrogens (tertiary/aromatic N) is 2. The first-order chi connectivity index (χ1) is 9.29. The van der Waals surface area contributed by atoms with Crippen molar-refractivity contribution in [1.82, 2.24) is 9.97 Å². The minimum atomic E-state index is -3.81. The van der Waals surface area contributed by atoms with E-state index in [1.807, 2.05) is 6.92 Å². The number of aromatic nitrogens is 2. The number of rotatable bonds is 3. The first-order valence-corrected chi connectivity index (χ1v) is 7.54. The summed E-state index contributed by atoms with van der Waals surface area (Å²) in [4.78, 5) is 7.63. The first kappa shape index (κ1) is 14.5. The second-order valence-electron chi connectivity index (χ2n) is 4.26. The van der Waals surface area contributed by atoms with Gasteiger partial charge in [0.1, 0.15) is 5.15 Å². The van der Waals surface area contributed by atoms with Crippen LogP contribution in [-0.4, -0.2) is 18.4 Å². The summed E-state index contributed by atoms with van der Waals surface area (Å²) in [6, 6.07) is 4.39. The number of halogens is 1. The van der Waals surface area contributed by atoms with E-state index < -0.39 is 10.0 Å². The number of sulfonamides is 1. The molecular weight excluding hydrogens is 300 g/mol. The molecule has 1 aromatic heterocycles. The Hall–Kier alpha value is -1.86. The molecule has 0 aliphatic heterocycles. The molecule has 0 unspecified atom stereocenters. The van der Waals surface area contributed by atoms with Gasteiger partial charge >= 0.3 is 0 Å². The molecule has 0 radical (unpaired) electrons. The molecule has 0 aliphatic carbocycles. The number of anilines is 2. The number of nitrogens with one attached hydrogen (secondary N) is 1. The Morgan fingerprint density at radius 2 is 2.00 bits per heavy atom. The molecule has 2 rings (SSSR count). The second kappa shape index (κ2) is 5.26. The van der Waals surface area contributed by atoms with Gasteiger partial charge in [0.2, 0.25) is 5.95 Å². The van der Waals surface area contributed by atoms with E-state index >= 15 is 0 Å². The molecule has 0 atom stereocenters. The van der Waals surface area contributed by atoms with Crippen molar-refractivity contribution in [2.75, 3.05) is 10.5 Å². The van der Waals surface area contributed by atoms with Gasteiger partial charge in [0, 0.05) is 11.9 Å². The van der Waals surface area contributed by atoms with E-state index in [1.54, 1.807) is 13.0 Å². The van der Waals surface area contributed by atoms with Crippen LogP contribution in [0, 0.1) is 13.8 Å². The number of hydrogen-bond acceptors (Lipinski definition) is 5. The molecule has 20 heavy (non-hydrogen) atoms. The highest BCUT2D eigenvalue weighted by molar-refractivity contribution is 7.92. The van der Waals surface area contributed by atoms with Crippen molar-refractivity contribution in [3.63, 3.8) is 0 Å². The van der Waals surface area contributed by atoms with Crippen LogP contribution >= 0.6 is 11.6 Å². The topological polar surface area (TPSA) is 98.0 Å². The van der Waals surface area contributed by atoms with E-state index in [0.717, 1.165) is 11.1 Å². The molecule has 0 saturated carbocycles. The van der Waals surface area contributed by atoms with Gasteiger partial charge in [0.15, 0.2) is 0 Å². The number of nitrogens with two attached hydrogens (primary N) is 1. The fourth-order valence-electron chi connectivity index (χ4n) is 1.57. The summed E-state index contributed by atoms with van der Waals surface area (Å²) in [6.07, 6.45) is 1.36. The van der Waals surface area contributed by atoms with Crippen LogP contribution in [0.1, 0.15) is 11.1 Å². The summed E-state index contributed by atoms with van der Waals surface area (Å²) in [5.41, 5.74) is 7.84. The maximum absolute atomic E-state index is 12.2. The highest BCUT2D eigenvalue weighted by atomic mass is 35.5. The molecule has 1 aromatic carbocycles. The van der Waals surface area contributed by atoms with Crippen molar-refractivity contribution in [3.8, 4) is 0 Å². The van der Waals surface area contributed by atoms with Crippen molar-refractivity contribution >= 4 is 33.3 Å². The minimum absolute atomic E-state index is 0.0571. The van der Waals surface area contributed by atoms with Crippen LogP contribution in [-0.2, 0) is 10.0 Å². The van der Waals surface area contributed by atoms with E-state index in [4.69, 9.17) is 17.3 Å². The van der Waals surface area contributed by atoms with Crippen molar-refractivity contribution in [3.05, 3.63) is 40.7 Å². The SMILES string of the molecule is Cc1cc(S(=O)(=O)Nc2nccc(Cl)n2)cc(N)c1C. The Balaban J connectivity index is 2.41. The first-order valence-electron chi connectivity index (χ1n) is 5.67.